The lowest BCUT2D eigenvalue weighted by Crippen LogP contribution is -2.33. The second-order valence-corrected chi connectivity index (χ2v) is 9.44. The minimum Gasteiger partial charge on any atom is -0.355 e. The van der Waals surface area contributed by atoms with Crippen molar-refractivity contribution in [1.29, 1.82) is 0 Å². The van der Waals surface area contributed by atoms with Gasteiger partial charge in [-0.3, -0.25) is 9.35 Å². The Morgan fingerprint density at radius 3 is 1.63 bits per heavy atom. The molecule has 0 heterocycles. The molecule has 0 saturated heterocycles. The van der Waals surface area contributed by atoms with E-state index in [-0.39, 0.29) is 18.4 Å². The van der Waals surface area contributed by atoms with Crippen LogP contribution in [0.3, 0.4) is 0 Å². The first-order chi connectivity index (χ1) is 12.9. The van der Waals surface area contributed by atoms with Crippen LogP contribution in [0.5, 0.6) is 0 Å². The van der Waals surface area contributed by atoms with Crippen LogP contribution in [0, 0.1) is 5.92 Å². The molecule has 0 bridgehead atoms. The molecule has 0 aromatic carbocycles. The van der Waals surface area contributed by atoms with Crippen molar-refractivity contribution in [2.75, 3.05) is 12.3 Å². The number of hydrogen-bond acceptors (Lipinski definition) is 3. The lowest BCUT2D eigenvalue weighted by molar-refractivity contribution is -0.124. The van der Waals surface area contributed by atoms with Crippen LogP contribution < -0.4 is 5.32 Å². The topological polar surface area (TPSA) is 83.5 Å². The highest BCUT2D eigenvalue weighted by molar-refractivity contribution is 7.85. The van der Waals surface area contributed by atoms with Crippen molar-refractivity contribution in [3.05, 3.63) is 0 Å². The first-order valence-corrected chi connectivity index (χ1v) is 12.7. The number of unbranched alkanes of at least 4 members (excludes halogenated alkanes) is 13. The highest BCUT2D eigenvalue weighted by Crippen LogP contribution is 2.15. The van der Waals surface area contributed by atoms with E-state index in [9.17, 15) is 13.2 Å². The Bertz CT molecular complexity index is 451. The Morgan fingerprint density at radius 2 is 1.22 bits per heavy atom. The number of carbonyl (C=O) groups excluding carboxylic acids is 1. The molecule has 0 aliphatic rings. The monoisotopic (exact) mass is 405 g/mol. The standard InChI is InChI=1S/C21H43NO4S/c1-3-4-5-6-7-8-9-10-11-12-13-14-15-16-17-20(2)21(23)22-18-19-27(24,25)26/h20H,3-19H2,1-2H3,(H,22,23)(H,24,25,26). The van der Waals surface area contributed by atoms with E-state index in [0.717, 1.165) is 19.3 Å². The highest BCUT2D eigenvalue weighted by atomic mass is 32.2. The van der Waals surface area contributed by atoms with Gasteiger partial charge in [-0.15, -0.1) is 0 Å². The first kappa shape index (κ1) is 26.4. The van der Waals surface area contributed by atoms with Gasteiger partial charge in [-0.1, -0.05) is 104 Å². The molecule has 6 heteroatoms. The predicted molar refractivity (Wildman–Crippen MR) is 114 cm³/mol. The van der Waals surface area contributed by atoms with Crippen LogP contribution in [0.15, 0.2) is 0 Å². The van der Waals surface area contributed by atoms with E-state index >= 15 is 0 Å². The molecule has 0 rings (SSSR count). The Kier molecular flexibility index (Phi) is 17.1. The fourth-order valence-corrected chi connectivity index (χ4v) is 3.61. The van der Waals surface area contributed by atoms with E-state index in [0.29, 0.717) is 0 Å². The number of carbonyl (C=O) groups is 1. The summed E-state index contributed by atoms with van der Waals surface area (Å²) < 4.78 is 29.8. The normalized spacial score (nSPS) is 12.9. The Hall–Kier alpha value is -0.620. The molecule has 0 aromatic heterocycles. The second-order valence-electron chi connectivity index (χ2n) is 7.86. The van der Waals surface area contributed by atoms with Crippen LogP contribution in [0.4, 0.5) is 0 Å². The maximum absolute atomic E-state index is 11.8. The van der Waals surface area contributed by atoms with Gasteiger partial charge < -0.3 is 5.32 Å². The molecule has 1 atom stereocenters. The summed E-state index contributed by atoms with van der Waals surface area (Å²) in [5.74, 6) is -0.665. The fourth-order valence-electron chi connectivity index (χ4n) is 3.25. The van der Waals surface area contributed by atoms with Crippen LogP contribution in [0.1, 0.15) is 110 Å². The zero-order valence-electron chi connectivity index (χ0n) is 17.7. The molecule has 0 aromatic rings. The zero-order valence-corrected chi connectivity index (χ0v) is 18.5. The summed E-state index contributed by atoms with van der Waals surface area (Å²) in [5, 5.41) is 2.56. The van der Waals surface area contributed by atoms with Gasteiger partial charge in [0, 0.05) is 12.5 Å². The van der Waals surface area contributed by atoms with Gasteiger partial charge >= 0.3 is 0 Å². The van der Waals surface area contributed by atoms with E-state index in [1.165, 1.54) is 77.0 Å². The average molecular weight is 406 g/mol. The van der Waals surface area contributed by atoms with Gasteiger partial charge in [0.2, 0.25) is 5.91 Å². The molecule has 0 saturated carbocycles. The minimum atomic E-state index is -4.00. The van der Waals surface area contributed by atoms with E-state index in [1.807, 2.05) is 6.92 Å². The summed E-state index contributed by atoms with van der Waals surface area (Å²) >= 11 is 0. The summed E-state index contributed by atoms with van der Waals surface area (Å²) in [4.78, 5) is 11.8. The average Bonchev–Trinajstić information content (AvgIpc) is 2.60. The molecule has 0 aliphatic heterocycles. The summed E-state index contributed by atoms with van der Waals surface area (Å²) in [5.41, 5.74) is 0. The Balaban J connectivity index is 3.35. The molecule has 0 fully saturated rings. The minimum absolute atomic E-state index is 0.0270. The zero-order chi connectivity index (χ0) is 20.4. The molecule has 27 heavy (non-hydrogen) atoms. The quantitative estimate of drug-likeness (QED) is 0.220. The molecule has 162 valence electrons. The molecule has 2 N–H and O–H groups in total. The molecule has 0 spiro atoms. The van der Waals surface area contributed by atoms with Crippen molar-refractivity contribution in [3.63, 3.8) is 0 Å². The van der Waals surface area contributed by atoms with Gasteiger partial charge in [0.25, 0.3) is 10.1 Å². The van der Waals surface area contributed by atoms with Crippen molar-refractivity contribution in [3.8, 4) is 0 Å². The van der Waals surface area contributed by atoms with Crippen molar-refractivity contribution < 1.29 is 17.8 Å². The maximum Gasteiger partial charge on any atom is 0.266 e. The van der Waals surface area contributed by atoms with Crippen LogP contribution in [0.25, 0.3) is 0 Å². The molecule has 1 unspecified atom stereocenters. The van der Waals surface area contributed by atoms with E-state index in [2.05, 4.69) is 12.2 Å². The molecule has 1 amide bonds. The van der Waals surface area contributed by atoms with Gasteiger partial charge in [-0.05, 0) is 6.42 Å². The number of hydrogen-bond donors (Lipinski definition) is 2. The molecule has 0 aliphatic carbocycles. The first-order valence-electron chi connectivity index (χ1n) is 11.1. The third kappa shape index (κ3) is 19.9. The molecular formula is C21H43NO4S. The Morgan fingerprint density at radius 1 is 0.815 bits per heavy atom. The maximum atomic E-state index is 11.8. The predicted octanol–water partition coefficient (Wildman–Crippen LogP) is 5.50. The van der Waals surface area contributed by atoms with E-state index < -0.39 is 15.9 Å². The summed E-state index contributed by atoms with van der Waals surface area (Å²) in [6.45, 7) is 4.10. The van der Waals surface area contributed by atoms with Crippen LogP contribution in [0.2, 0.25) is 0 Å². The molecular weight excluding hydrogens is 362 g/mol. The van der Waals surface area contributed by atoms with Crippen molar-refractivity contribution >= 4 is 16.0 Å². The van der Waals surface area contributed by atoms with Crippen LogP contribution >= 0.6 is 0 Å². The largest absolute Gasteiger partial charge is 0.355 e. The van der Waals surface area contributed by atoms with Gasteiger partial charge in [-0.2, -0.15) is 8.42 Å². The van der Waals surface area contributed by atoms with Gasteiger partial charge in [0.1, 0.15) is 0 Å². The van der Waals surface area contributed by atoms with Crippen molar-refractivity contribution in [1.82, 2.24) is 5.32 Å². The van der Waals surface area contributed by atoms with Crippen LogP contribution in [-0.2, 0) is 14.9 Å². The third-order valence-corrected chi connectivity index (χ3v) is 5.82. The van der Waals surface area contributed by atoms with Crippen molar-refractivity contribution in [2.45, 2.75) is 110 Å². The second kappa shape index (κ2) is 17.5. The molecule has 0 radical (unpaired) electrons. The smallest absolute Gasteiger partial charge is 0.266 e. The Labute approximate surface area is 167 Å². The lowest BCUT2D eigenvalue weighted by Gasteiger charge is -2.11. The van der Waals surface area contributed by atoms with E-state index in [1.54, 1.807) is 0 Å². The SMILES string of the molecule is CCCCCCCCCCCCCCCCC(C)C(=O)NCCS(=O)(=O)O. The van der Waals surface area contributed by atoms with Crippen molar-refractivity contribution in [2.24, 2.45) is 5.92 Å². The third-order valence-electron chi connectivity index (χ3n) is 5.10. The van der Waals surface area contributed by atoms with Gasteiger partial charge in [0.15, 0.2) is 0 Å². The summed E-state index contributed by atoms with van der Waals surface area (Å²) in [6.07, 6.45) is 19.3. The number of rotatable bonds is 19. The number of nitrogens with one attached hydrogen (secondary N) is 1. The fraction of sp³-hybridized carbons (Fsp3) is 0.952. The summed E-state index contributed by atoms with van der Waals surface area (Å²) in [7, 11) is -4.00. The van der Waals surface area contributed by atoms with E-state index in [4.69, 9.17) is 4.55 Å². The lowest BCUT2D eigenvalue weighted by atomic mass is 10.0. The molecule has 5 nitrogen and oxygen atoms in total. The number of amides is 1. The highest BCUT2D eigenvalue weighted by Gasteiger charge is 2.13. The van der Waals surface area contributed by atoms with Gasteiger partial charge in [-0.25, -0.2) is 0 Å². The van der Waals surface area contributed by atoms with Crippen LogP contribution in [-0.4, -0.2) is 31.2 Å². The van der Waals surface area contributed by atoms with Gasteiger partial charge in [0.05, 0.1) is 5.75 Å². The summed E-state index contributed by atoms with van der Waals surface area (Å²) in [6, 6.07) is 0.